The maximum Gasteiger partial charge on any atom is 0.154 e. The number of hydrogen-bond acceptors (Lipinski definition) is 2. The second kappa shape index (κ2) is 5.98. The minimum absolute atomic E-state index is 0.311. The highest BCUT2D eigenvalue weighted by molar-refractivity contribution is 4.35. The lowest BCUT2D eigenvalue weighted by Crippen LogP contribution is -2.11. The molecule has 0 aromatic rings. The van der Waals surface area contributed by atoms with Gasteiger partial charge in [-0.1, -0.05) is 6.92 Å². The van der Waals surface area contributed by atoms with Gasteiger partial charge < -0.3 is 9.84 Å². The average Bonchev–Trinajstić information content (AvgIpc) is 1.89. The molecule has 0 rings (SSSR count). The van der Waals surface area contributed by atoms with Crippen LogP contribution in [0.3, 0.4) is 0 Å². The van der Waals surface area contributed by atoms with Crippen LogP contribution in [0.1, 0.15) is 19.8 Å². The molecule has 1 N–H and O–H groups in total. The molecular weight excluding hydrogens is 123 g/mol. The maximum absolute atomic E-state index is 11.4. The van der Waals surface area contributed by atoms with Crippen LogP contribution in [0.5, 0.6) is 0 Å². The van der Waals surface area contributed by atoms with Gasteiger partial charge in [0.2, 0.25) is 0 Å². The third kappa shape index (κ3) is 5.73. The number of hydrogen-bond donors (Lipinski definition) is 1. The summed E-state index contributed by atoms with van der Waals surface area (Å²) < 4.78 is 16.1. The van der Waals surface area contributed by atoms with Crippen molar-refractivity contribution in [2.75, 3.05) is 13.3 Å². The summed E-state index contributed by atoms with van der Waals surface area (Å²) in [7, 11) is 0. The second-order valence-corrected chi connectivity index (χ2v) is 1.78. The summed E-state index contributed by atoms with van der Waals surface area (Å²) in [6.07, 6.45) is 0.222. The fourth-order valence-electron chi connectivity index (χ4n) is 0.392. The molecule has 0 amide bonds. The van der Waals surface area contributed by atoms with Crippen LogP contribution in [-0.4, -0.2) is 24.7 Å². The van der Waals surface area contributed by atoms with Crippen molar-refractivity contribution < 1.29 is 14.2 Å². The van der Waals surface area contributed by atoms with Gasteiger partial charge in [-0.15, -0.1) is 0 Å². The third-order valence-electron chi connectivity index (χ3n) is 0.937. The molecular formula is C6H13FO2. The Hall–Kier alpha value is -0.150. The van der Waals surface area contributed by atoms with Crippen molar-refractivity contribution >= 4 is 0 Å². The lowest BCUT2D eigenvalue weighted by atomic mass is 10.4. The molecule has 1 unspecified atom stereocenters. The van der Waals surface area contributed by atoms with E-state index in [9.17, 15) is 4.39 Å². The molecule has 56 valence electrons. The quantitative estimate of drug-likeness (QED) is 0.453. The fourth-order valence-corrected chi connectivity index (χ4v) is 0.392. The van der Waals surface area contributed by atoms with Crippen LogP contribution in [0.4, 0.5) is 4.39 Å². The van der Waals surface area contributed by atoms with E-state index < -0.39 is 6.29 Å². The standard InChI is InChI=1S/C6H13FO2/c1-2-6(8)9-5-3-4-7/h6,8H,2-5H2,1H3. The first-order valence-corrected chi connectivity index (χ1v) is 3.17. The fraction of sp³-hybridized carbons (Fsp3) is 1.00. The third-order valence-corrected chi connectivity index (χ3v) is 0.937. The summed E-state index contributed by atoms with van der Waals surface area (Å²) in [5.74, 6) is 0. The molecule has 0 saturated carbocycles. The van der Waals surface area contributed by atoms with Crippen molar-refractivity contribution in [2.24, 2.45) is 0 Å². The van der Waals surface area contributed by atoms with Crippen LogP contribution in [0, 0.1) is 0 Å². The Morgan fingerprint density at radius 3 is 2.78 bits per heavy atom. The zero-order chi connectivity index (χ0) is 7.11. The van der Waals surface area contributed by atoms with E-state index in [4.69, 9.17) is 9.84 Å². The molecule has 0 aromatic heterocycles. The Labute approximate surface area is 54.6 Å². The number of aliphatic hydroxyl groups excluding tert-OH is 1. The first-order valence-electron chi connectivity index (χ1n) is 3.17. The van der Waals surface area contributed by atoms with E-state index >= 15 is 0 Å². The molecule has 0 aliphatic carbocycles. The van der Waals surface area contributed by atoms with Gasteiger partial charge >= 0.3 is 0 Å². The SMILES string of the molecule is CCC(O)OCCCF. The van der Waals surface area contributed by atoms with Gasteiger partial charge in [-0.05, 0) is 12.8 Å². The summed E-state index contributed by atoms with van der Waals surface area (Å²) in [4.78, 5) is 0. The predicted molar refractivity (Wildman–Crippen MR) is 32.8 cm³/mol. The van der Waals surface area contributed by atoms with Gasteiger partial charge in [-0.3, -0.25) is 4.39 Å². The Balaban J connectivity index is 2.88. The molecule has 0 aromatic carbocycles. The summed E-state index contributed by atoms with van der Waals surface area (Å²) in [5, 5.41) is 8.74. The molecule has 1 atom stereocenters. The Bertz CT molecular complexity index is 59.0. The van der Waals surface area contributed by atoms with Gasteiger partial charge in [0.15, 0.2) is 6.29 Å². The smallest absolute Gasteiger partial charge is 0.154 e. The Kier molecular flexibility index (Phi) is 5.88. The van der Waals surface area contributed by atoms with E-state index in [1.54, 1.807) is 6.92 Å². The van der Waals surface area contributed by atoms with Crippen molar-refractivity contribution in [3.05, 3.63) is 0 Å². The molecule has 0 bridgehead atoms. The van der Waals surface area contributed by atoms with Gasteiger partial charge in [-0.25, -0.2) is 0 Å². The molecule has 0 fully saturated rings. The van der Waals surface area contributed by atoms with Gasteiger partial charge in [0, 0.05) is 0 Å². The molecule has 0 spiro atoms. The minimum Gasteiger partial charge on any atom is -0.368 e. The van der Waals surface area contributed by atoms with Crippen molar-refractivity contribution in [1.29, 1.82) is 0 Å². The maximum atomic E-state index is 11.4. The molecule has 0 heterocycles. The molecule has 0 radical (unpaired) electrons. The van der Waals surface area contributed by atoms with Crippen LogP contribution in [0.15, 0.2) is 0 Å². The molecule has 0 aliphatic heterocycles. The number of alkyl halides is 1. The van der Waals surface area contributed by atoms with Crippen molar-refractivity contribution in [2.45, 2.75) is 26.1 Å². The largest absolute Gasteiger partial charge is 0.368 e. The van der Waals surface area contributed by atoms with Crippen molar-refractivity contribution in [3.8, 4) is 0 Å². The van der Waals surface area contributed by atoms with Crippen LogP contribution < -0.4 is 0 Å². The van der Waals surface area contributed by atoms with E-state index in [0.717, 1.165) is 0 Å². The van der Waals surface area contributed by atoms with E-state index in [1.165, 1.54) is 0 Å². The highest BCUT2D eigenvalue weighted by atomic mass is 19.1. The van der Waals surface area contributed by atoms with Crippen molar-refractivity contribution in [1.82, 2.24) is 0 Å². The topological polar surface area (TPSA) is 29.5 Å². The highest BCUT2D eigenvalue weighted by Crippen LogP contribution is 1.93. The number of aliphatic hydroxyl groups is 1. The van der Waals surface area contributed by atoms with Gasteiger partial charge in [-0.2, -0.15) is 0 Å². The van der Waals surface area contributed by atoms with Crippen molar-refractivity contribution in [3.63, 3.8) is 0 Å². The van der Waals surface area contributed by atoms with Crippen LogP contribution in [0.2, 0.25) is 0 Å². The van der Waals surface area contributed by atoms with E-state index in [0.29, 0.717) is 19.4 Å². The molecule has 9 heavy (non-hydrogen) atoms. The first kappa shape index (κ1) is 8.85. The number of halogens is 1. The normalized spacial score (nSPS) is 13.7. The van der Waals surface area contributed by atoms with E-state index in [1.807, 2.05) is 0 Å². The molecule has 3 heteroatoms. The Morgan fingerprint density at radius 2 is 2.33 bits per heavy atom. The molecule has 2 nitrogen and oxygen atoms in total. The monoisotopic (exact) mass is 136 g/mol. The van der Waals surface area contributed by atoms with Crippen LogP contribution >= 0.6 is 0 Å². The summed E-state index contributed by atoms with van der Waals surface area (Å²) in [6.45, 7) is 1.74. The summed E-state index contributed by atoms with van der Waals surface area (Å²) in [6, 6.07) is 0. The second-order valence-electron chi connectivity index (χ2n) is 1.78. The first-order chi connectivity index (χ1) is 4.31. The van der Waals surface area contributed by atoms with E-state index in [2.05, 4.69) is 0 Å². The number of rotatable bonds is 5. The predicted octanol–water partition coefficient (Wildman–Crippen LogP) is 1.09. The Morgan fingerprint density at radius 1 is 1.67 bits per heavy atom. The highest BCUT2D eigenvalue weighted by Gasteiger charge is 1.97. The molecule has 0 aliphatic rings. The summed E-state index contributed by atoms with van der Waals surface area (Å²) in [5.41, 5.74) is 0. The van der Waals surface area contributed by atoms with Crippen LogP contribution in [0.25, 0.3) is 0 Å². The zero-order valence-electron chi connectivity index (χ0n) is 5.64. The van der Waals surface area contributed by atoms with Gasteiger partial charge in [0.25, 0.3) is 0 Å². The lowest BCUT2D eigenvalue weighted by molar-refractivity contribution is -0.101. The minimum atomic E-state index is -0.712. The van der Waals surface area contributed by atoms with Crippen LogP contribution in [-0.2, 0) is 4.74 Å². The van der Waals surface area contributed by atoms with Gasteiger partial charge in [0.05, 0.1) is 13.3 Å². The van der Waals surface area contributed by atoms with Gasteiger partial charge in [0.1, 0.15) is 0 Å². The molecule has 0 saturated heterocycles. The lowest BCUT2D eigenvalue weighted by Gasteiger charge is -2.06. The zero-order valence-corrected chi connectivity index (χ0v) is 5.64. The summed E-state index contributed by atoms with van der Waals surface area (Å²) >= 11 is 0. The van der Waals surface area contributed by atoms with E-state index in [-0.39, 0.29) is 6.67 Å². The number of ether oxygens (including phenoxy) is 1. The average molecular weight is 136 g/mol.